The summed E-state index contributed by atoms with van der Waals surface area (Å²) < 4.78 is 40.8. The van der Waals surface area contributed by atoms with Gasteiger partial charge in [0.1, 0.15) is 5.75 Å². The van der Waals surface area contributed by atoms with E-state index in [1.165, 1.54) is 63.5 Å². The molecule has 1 unspecified atom stereocenters. The molecule has 0 aliphatic heterocycles. The van der Waals surface area contributed by atoms with Crippen LogP contribution in [0.15, 0.2) is 35.9 Å². The van der Waals surface area contributed by atoms with Gasteiger partial charge in [-0.05, 0) is 80.4 Å². The van der Waals surface area contributed by atoms with E-state index in [4.69, 9.17) is 0 Å². The van der Waals surface area contributed by atoms with Crippen molar-refractivity contribution in [1.29, 1.82) is 0 Å². The summed E-state index contributed by atoms with van der Waals surface area (Å²) in [5.74, 6) is 1.98. The van der Waals surface area contributed by atoms with Crippen molar-refractivity contribution in [3.05, 3.63) is 41.5 Å². The Morgan fingerprint density at radius 2 is 1.64 bits per heavy atom. The Bertz CT molecular complexity index is 624. The van der Waals surface area contributed by atoms with Crippen molar-refractivity contribution in [2.24, 2.45) is 11.8 Å². The first-order valence-corrected chi connectivity index (χ1v) is 11.0. The zero-order valence-electron chi connectivity index (χ0n) is 16.9. The molecule has 0 heterocycles. The van der Waals surface area contributed by atoms with E-state index in [1.54, 1.807) is 17.7 Å². The van der Waals surface area contributed by atoms with Gasteiger partial charge in [-0.3, -0.25) is 0 Å². The van der Waals surface area contributed by atoms with Gasteiger partial charge in [-0.2, -0.15) is 0 Å². The Kier molecular flexibility index (Phi) is 7.48. The van der Waals surface area contributed by atoms with Crippen LogP contribution in [0, 0.1) is 11.8 Å². The lowest BCUT2D eigenvalue weighted by atomic mass is 9.73. The molecule has 0 spiro atoms. The van der Waals surface area contributed by atoms with Crippen molar-refractivity contribution in [2.45, 2.75) is 89.8 Å². The third-order valence-corrected chi connectivity index (χ3v) is 6.62. The molecule has 0 bridgehead atoms. The van der Waals surface area contributed by atoms with Crippen LogP contribution in [0.3, 0.4) is 0 Å². The maximum atomic E-state index is 12.3. The summed E-state index contributed by atoms with van der Waals surface area (Å²) >= 11 is 0. The molecule has 156 valence electrons. The van der Waals surface area contributed by atoms with Gasteiger partial charge in [0, 0.05) is 0 Å². The molecule has 4 heteroatoms. The molecular weight excluding hydrogens is 361 g/mol. The van der Waals surface area contributed by atoms with Crippen LogP contribution in [0.4, 0.5) is 13.2 Å². The fraction of sp³-hybridized carbons (Fsp3) is 0.667. The Morgan fingerprint density at radius 1 is 0.929 bits per heavy atom. The van der Waals surface area contributed by atoms with Gasteiger partial charge in [0.15, 0.2) is 0 Å². The van der Waals surface area contributed by atoms with Crippen molar-refractivity contribution in [3.8, 4) is 5.75 Å². The van der Waals surface area contributed by atoms with Crippen LogP contribution in [0.5, 0.6) is 5.75 Å². The number of alkyl halides is 3. The molecule has 0 saturated heterocycles. The van der Waals surface area contributed by atoms with Gasteiger partial charge >= 0.3 is 6.36 Å². The SMILES string of the molecule is CCCCCC1CCC(C2=CCC(c3ccc(OC(F)(F)F)cc3)CC2)CC1. The summed E-state index contributed by atoms with van der Waals surface area (Å²) in [6.45, 7) is 2.27. The summed E-state index contributed by atoms with van der Waals surface area (Å²) in [7, 11) is 0. The number of hydrogen-bond acceptors (Lipinski definition) is 1. The molecule has 2 aliphatic carbocycles. The highest BCUT2D eigenvalue weighted by Gasteiger charge is 2.31. The van der Waals surface area contributed by atoms with Crippen LogP contribution in [0.2, 0.25) is 0 Å². The van der Waals surface area contributed by atoms with E-state index in [9.17, 15) is 13.2 Å². The first-order chi connectivity index (χ1) is 13.4. The lowest BCUT2D eigenvalue weighted by Gasteiger charge is -2.33. The zero-order valence-corrected chi connectivity index (χ0v) is 16.9. The van der Waals surface area contributed by atoms with Gasteiger partial charge in [0.2, 0.25) is 0 Å². The average molecular weight is 395 g/mol. The molecule has 0 amide bonds. The molecule has 1 aromatic rings. The highest BCUT2D eigenvalue weighted by molar-refractivity contribution is 5.31. The summed E-state index contributed by atoms with van der Waals surface area (Å²) in [4.78, 5) is 0. The Balaban J connectivity index is 1.47. The summed E-state index contributed by atoms with van der Waals surface area (Å²) in [6.07, 6.45) is 12.0. The van der Waals surface area contributed by atoms with Crippen LogP contribution in [-0.2, 0) is 0 Å². The maximum absolute atomic E-state index is 12.3. The number of halogens is 3. The van der Waals surface area contributed by atoms with Crippen LogP contribution in [0.1, 0.15) is 89.0 Å². The highest BCUT2D eigenvalue weighted by atomic mass is 19.4. The molecule has 0 N–H and O–H groups in total. The second kappa shape index (κ2) is 9.84. The van der Waals surface area contributed by atoms with E-state index in [-0.39, 0.29) is 5.75 Å². The topological polar surface area (TPSA) is 9.23 Å². The lowest BCUT2D eigenvalue weighted by molar-refractivity contribution is -0.274. The monoisotopic (exact) mass is 394 g/mol. The Hall–Kier alpha value is -1.45. The van der Waals surface area contributed by atoms with Crippen molar-refractivity contribution in [3.63, 3.8) is 0 Å². The van der Waals surface area contributed by atoms with E-state index < -0.39 is 6.36 Å². The molecule has 0 radical (unpaired) electrons. The normalized spacial score (nSPS) is 26.0. The van der Waals surface area contributed by atoms with Crippen molar-refractivity contribution in [2.75, 3.05) is 0 Å². The molecule has 1 saturated carbocycles. The van der Waals surface area contributed by atoms with Crippen LogP contribution >= 0.6 is 0 Å². The van der Waals surface area contributed by atoms with Gasteiger partial charge in [0.25, 0.3) is 0 Å². The molecule has 1 aromatic carbocycles. The smallest absolute Gasteiger partial charge is 0.406 e. The second-order valence-electron chi connectivity index (χ2n) is 8.58. The third kappa shape index (κ3) is 6.28. The van der Waals surface area contributed by atoms with Gasteiger partial charge < -0.3 is 4.74 Å². The molecule has 1 nitrogen and oxygen atoms in total. The second-order valence-corrected chi connectivity index (χ2v) is 8.58. The minimum Gasteiger partial charge on any atom is -0.406 e. The number of allylic oxidation sites excluding steroid dienone is 2. The molecule has 3 rings (SSSR count). The van der Waals surface area contributed by atoms with E-state index >= 15 is 0 Å². The summed E-state index contributed by atoms with van der Waals surface area (Å²) in [5, 5.41) is 0. The average Bonchev–Trinajstić information content (AvgIpc) is 2.68. The van der Waals surface area contributed by atoms with E-state index in [2.05, 4.69) is 17.7 Å². The van der Waals surface area contributed by atoms with Gasteiger partial charge in [-0.15, -0.1) is 13.2 Å². The summed E-state index contributed by atoms with van der Waals surface area (Å²) in [6, 6.07) is 6.43. The van der Waals surface area contributed by atoms with Gasteiger partial charge in [0.05, 0.1) is 0 Å². The van der Waals surface area contributed by atoms with Gasteiger partial charge in [-0.1, -0.05) is 56.4 Å². The zero-order chi connectivity index (χ0) is 20.0. The largest absolute Gasteiger partial charge is 0.573 e. The van der Waals surface area contributed by atoms with Crippen LogP contribution in [-0.4, -0.2) is 6.36 Å². The van der Waals surface area contributed by atoms with Crippen molar-refractivity contribution < 1.29 is 17.9 Å². The van der Waals surface area contributed by atoms with E-state index in [0.29, 0.717) is 5.92 Å². The number of hydrogen-bond donors (Lipinski definition) is 0. The maximum Gasteiger partial charge on any atom is 0.573 e. The minimum atomic E-state index is -4.63. The van der Waals surface area contributed by atoms with Crippen LogP contribution in [0.25, 0.3) is 0 Å². The van der Waals surface area contributed by atoms with Crippen molar-refractivity contribution >= 4 is 0 Å². The molecule has 1 atom stereocenters. The quantitative estimate of drug-likeness (QED) is 0.335. The standard InChI is InChI=1S/C24H33F3O/c1-2-3-4-5-18-6-8-19(9-7-18)20-10-12-21(13-11-20)22-14-16-23(17-15-22)28-24(25,26)27/h10,14-19,21H,2-9,11-13H2,1H3. The molecule has 1 fully saturated rings. The molecule has 2 aliphatic rings. The number of unbranched alkanes of at least 4 members (excludes halogenated alkanes) is 2. The fourth-order valence-corrected chi connectivity index (χ4v) is 4.97. The first-order valence-electron chi connectivity index (χ1n) is 11.0. The Labute approximate surface area is 167 Å². The molecule has 0 aromatic heterocycles. The Morgan fingerprint density at radius 3 is 2.21 bits per heavy atom. The predicted octanol–water partition coefficient (Wildman–Crippen LogP) is 8.17. The number of benzene rings is 1. The first kappa shape index (κ1) is 21.3. The lowest BCUT2D eigenvalue weighted by Crippen LogP contribution is -2.18. The molecule has 28 heavy (non-hydrogen) atoms. The predicted molar refractivity (Wildman–Crippen MR) is 107 cm³/mol. The van der Waals surface area contributed by atoms with Gasteiger partial charge in [-0.25, -0.2) is 0 Å². The summed E-state index contributed by atoms with van der Waals surface area (Å²) in [5.41, 5.74) is 2.75. The fourth-order valence-electron chi connectivity index (χ4n) is 4.97. The third-order valence-electron chi connectivity index (χ3n) is 6.62. The molecular formula is C24H33F3O. The number of rotatable bonds is 7. The van der Waals surface area contributed by atoms with Crippen molar-refractivity contribution in [1.82, 2.24) is 0 Å². The number of ether oxygens (including phenoxy) is 1. The highest BCUT2D eigenvalue weighted by Crippen LogP contribution is 2.41. The van der Waals surface area contributed by atoms with E-state index in [0.717, 1.165) is 36.7 Å². The van der Waals surface area contributed by atoms with E-state index in [1.807, 2.05) is 0 Å². The minimum absolute atomic E-state index is 0.140. The van der Waals surface area contributed by atoms with Crippen LogP contribution < -0.4 is 4.74 Å².